The summed E-state index contributed by atoms with van der Waals surface area (Å²) in [5.41, 5.74) is 8.01. The van der Waals surface area contributed by atoms with Gasteiger partial charge in [-0.3, -0.25) is 0 Å². The lowest BCUT2D eigenvalue weighted by atomic mass is 10.4. The molecule has 2 N–H and O–H groups in total. The third-order valence-corrected chi connectivity index (χ3v) is 3.90. The molecule has 1 aromatic rings. The third kappa shape index (κ3) is 3.72. The minimum atomic E-state index is -3.61. The summed E-state index contributed by atoms with van der Waals surface area (Å²) in [5, 5.41) is 8.24. The number of rotatable bonds is 4. The van der Waals surface area contributed by atoms with Crippen LogP contribution in [-0.2, 0) is 10.0 Å². The van der Waals surface area contributed by atoms with E-state index >= 15 is 0 Å². The largest absolute Gasteiger partial charge is 0.247 e. The van der Waals surface area contributed by atoms with Gasteiger partial charge in [0.15, 0.2) is 0 Å². The van der Waals surface area contributed by atoms with E-state index in [2.05, 4.69) is 10.0 Å². The highest BCUT2D eigenvalue weighted by atomic mass is 32.2. The highest BCUT2D eigenvalue weighted by Crippen LogP contribution is 2.21. The van der Waals surface area contributed by atoms with Crippen molar-refractivity contribution in [3.05, 3.63) is 33.5 Å². The summed E-state index contributed by atoms with van der Waals surface area (Å²) in [7, 11) is -3.61. The number of sulfonamides is 1. The van der Waals surface area contributed by atoms with Crippen molar-refractivity contribution >= 4 is 27.4 Å². The molecule has 0 aromatic carbocycles. The highest BCUT2D eigenvalue weighted by Gasteiger charge is 2.09. The number of hydrogen-bond donors (Lipinski definition) is 1. The van der Waals surface area contributed by atoms with Crippen LogP contribution in [0.1, 0.15) is 4.88 Å². The van der Waals surface area contributed by atoms with E-state index in [4.69, 9.17) is 10.7 Å². The first-order chi connectivity index (χ1) is 7.04. The van der Waals surface area contributed by atoms with Gasteiger partial charge in [0, 0.05) is 16.3 Å². The molecular weight excluding hydrogens is 236 g/mol. The number of azide groups is 1. The average molecular weight is 244 g/mol. The standard InChI is InChI=1S/C7H8N4O2S2/c8-11-10-5-1-2-6-3-4-7(14-6)15(9,12)13/h1-4H,5H2,(H2,9,12,13). The van der Waals surface area contributed by atoms with Gasteiger partial charge in [-0.2, -0.15) is 0 Å². The van der Waals surface area contributed by atoms with Gasteiger partial charge in [-0.25, -0.2) is 13.6 Å². The molecule has 8 heteroatoms. The monoisotopic (exact) mass is 244 g/mol. The van der Waals surface area contributed by atoms with Crippen molar-refractivity contribution in [1.82, 2.24) is 0 Å². The molecule has 1 heterocycles. The summed E-state index contributed by atoms with van der Waals surface area (Å²) in [6.45, 7) is 0.235. The Morgan fingerprint density at radius 2 is 2.33 bits per heavy atom. The van der Waals surface area contributed by atoms with E-state index in [1.54, 1.807) is 18.2 Å². The van der Waals surface area contributed by atoms with E-state index in [1.807, 2.05) is 0 Å². The zero-order chi connectivity index (χ0) is 11.3. The highest BCUT2D eigenvalue weighted by molar-refractivity contribution is 7.91. The summed E-state index contributed by atoms with van der Waals surface area (Å²) in [6.07, 6.45) is 3.31. The Kier molecular flexibility index (Phi) is 3.87. The van der Waals surface area contributed by atoms with E-state index < -0.39 is 10.0 Å². The van der Waals surface area contributed by atoms with E-state index in [-0.39, 0.29) is 10.8 Å². The second-order valence-electron chi connectivity index (χ2n) is 2.52. The molecule has 1 rings (SSSR count). The fourth-order valence-electron chi connectivity index (χ4n) is 0.829. The van der Waals surface area contributed by atoms with Gasteiger partial charge < -0.3 is 0 Å². The van der Waals surface area contributed by atoms with Crippen LogP contribution in [-0.4, -0.2) is 15.0 Å². The van der Waals surface area contributed by atoms with Crippen molar-refractivity contribution < 1.29 is 8.42 Å². The maximum absolute atomic E-state index is 10.9. The molecule has 15 heavy (non-hydrogen) atoms. The summed E-state index contributed by atoms with van der Waals surface area (Å²) in [4.78, 5) is 3.32. The number of nitrogens with two attached hydrogens (primary N) is 1. The number of primary sulfonamides is 1. The molecule has 1 aromatic heterocycles. The van der Waals surface area contributed by atoms with Crippen molar-refractivity contribution in [3.8, 4) is 0 Å². The van der Waals surface area contributed by atoms with Gasteiger partial charge in [-0.05, 0) is 23.7 Å². The van der Waals surface area contributed by atoms with Gasteiger partial charge >= 0.3 is 0 Å². The molecular formula is C7H8N4O2S2. The SMILES string of the molecule is [N-]=[N+]=NCC=Cc1ccc(S(N)(=O)=O)s1. The van der Waals surface area contributed by atoms with Crippen LogP contribution in [0.3, 0.4) is 0 Å². The molecule has 0 aliphatic carbocycles. The molecule has 0 fully saturated rings. The van der Waals surface area contributed by atoms with Gasteiger partial charge in [0.05, 0.1) is 0 Å². The van der Waals surface area contributed by atoms with Crippen LogP contribution in [0, 0.1) is 0 Å². The Labute approximate surface area is 90.7 Å². The van der Waals surface area contributed by atoms with Crippen LogP contribution in [0.2, 0.25) is 0 Å². The van der Waals surface area contributed by atoms with Crippen LogP contribution in [0.4, 0.5) is 0 Å². The zero-order valence-corrected chi connectivity index (χ0v) is 9.20. The summed E-state index contributed by atoms with van der Waals surface area (Å²) >= 11 is 1.06. The zero-order valence-electron chi connectivity index (χ0n) is 7.57. The lowest BCUT2D eigenvalue weighted by Gasteiger charge is -1.88. The molecule has 0 unspecified atom stereocenters. The minimum absolute atomic E-state index is 0.117. The topological polar surface area (TPSA) is 109 Å². The van der Waals surface area contributed by atoms with E-state index in [0.717, 1.165) is 16.2 Å². The van der Waals surface area contributed by atoms with Crippen molar-refractivity contribution in [2.45, 2.75) is 4.21 Å². The molecule has 0 radical (unpaired) electrons. The smallest absolute Gasteiger partial charge is 0.224 e. The van der Waals surface area contributed by atoms with Gasteiger partial charge in [-0.1, -0.05) is 11.2 Å². The van der Waals surface area contributed by atoms with E-state index in [0.29, 0.717) is 0 Å². The quantitative estimate of drug-likeness (QED) is 0.494. The normalized spacial score (nSPS) is 11.5. The molecule has 0 saturated carbocycles. The summed E-state index contributed by atoms with van der Waals surface area (Å²) in [5.74, 6) is 0. The van der Waals surface area contributed by atoms with Crippen LogP contribution < -0.4 is 5.14 Å². The number of hydrogen-bond acceptors (Lipinski definition) is 4. The van der Waals surface area contributed by atoms with Gasteiger partial charge in [0.25, 0.3) is 0 Å². The Balaban J connectivity index is 2.77. The second kappa shape index (κ2) is 4.94. The maximum atomic E-state index is 10.9. The fourth-order valence-corrected chi connectivity index (χ4v) is 2.51. The minimum Gasteiger partial charge on any atom is -0.224 e. The molecule has 0 atom stereocenters. The Hall–Kier alpha value is -1.34. The van der Waals surface area contributed by atoms with Crippen molar-refractivity contribution in [2.75, 3.05) is 6.54 Å². The predicted octanol–water partition coefficient (Wildman–Crippen LogP) is 1.72. The molecule has 0 aliphatic heterocycles. The Bertz CT molecular complexity index is 511. The maximum Gasteiger partial charge on any atom is 0.247 e. The molecule has 0 saturated heterocycles. The van der Waals surface area contributed by atoms with E-state index in [9.17, 15) is 8.42 Å². The lowest BCUT2D eigenvalue weighted by Crippen LogP contribution is -2.09. The van der Waals surface area contributed by atoms with Crippen LogP contribution in [0.25, 0.3) is 16.5 Å². The first-order valence-electron chi connectivity index (χ1n) is 3.84. The average Bonchev–Trinajstić information content (AvgIpc) is 2.60. The summed E-state index contributed by atoms with van der Waals surface area (Å²) < 4.78 is 22.0. The first kappa shape index (κ1) is 11.7. The van der Waals surface area contributed by atoms with Crippen molar-refractivity contribution in [1.29, 1.82) is 0 Å². The fraction of sp³-hybridized carbons (Fsp3) is 0.143. The molecule has 0 amide bonds. The summed E-state index contributed by atoms with van der Waals surface area (Å²) in [6, 6.07) is 3.07. The first-order valence-corrected chi connectivity index (χ1v) is 6.20. The van der Waals surface area contributed by atoms with Crippen molar-refractivity contribution in [2.24, 2.45) is 10.3 Å². The molecule has 80 valence electrons. The predicted molar refractivity (Wildman–Crippen MR) is 58.7 cm³/mol. The van der Waals surface area contributed by atoms with Crippen LogP contribution >= 0.6 is 11.3 Å². The van der Waals surface area contributed by atoms with Crippen LogP contribution in [0.15, 0.2) is 27.5 Å². The van der Waals surface area contributed by atoms with E-state index in [1.165, 1.54) is 6.07 Å². The van der Waals surface area contributed by atoms with Crippen LogP contribution in [0.5, 0.6) is 0 Å². The Morgan fingerprint density at radius 1 is 1.60 bits per heavy atom. The van der Waals surface area contributed by atoms with Gasteiger partial charge in [0.2, 0.25) is 10.0 Å². The lowest BCUT2D eigenvalue weighted by molar-refractivity contribution is 0.600. The molecule has 0 aliphatic rings. The van der Waals surface area contributed by atoms with Crippen molar-refractivity contribution in [3.63, 3.8) is 0 Å². The second-order valence-corrected chi connectivity index (χ2v) is 5.42. The number of nitrogens with zero attached hydrogens (tertiary/aromatic N) is 3. The number of thiophene rings is 1. The molecule has 0 bridgehead atoms. The van der Waals surface area contributed by atoms with Gasteiger partial charge in [0.1, 0.15) is 4.21 Å². The Morgan fingerprint density at radius 3 is 2.87 bits per heavy atom. The molecule has 0 spiro atoms. The third-order valence-electron chi connectivity index (χ3n) is 1.41. The van der Waals surface area contributed by atoms with Gasteiger partial charge in [-0.15, -0.1) is 11.3 Å². The molecule has 6 nitrogen and oxygen atoms in total.